The number of hydrogen-bond acceptors (Lipinski definition) is 5. The highest BCUT2D eigenvalue weighted by molar-refractivity contribution is 8.27. The van der Waals surface area contributed by atoms with Gasteiger partial charge in [0.1, 0.15) is 0 Å². The molecule has 2 aromatic rings. The summed E-state index contributed by atoms with van der Waals surface area (Å²) < 4.78 is 11.0. The van der Waals surface area contributed by atoms with E-state index < -0.39 is 0 Å². The predicted octanol–water partition coefficient (Wildman–Crippen LogP) is 5.07. The number of thioether (sulfide) groups is 1. The van der Waals surface area contributed by atoms with Crippen LogP contribution in [0.5, 0.6) is 11.5 Å². The first-order chi connectivity index (χ1) is 12.4. The van der Waals surface area contributed by atoms with Gasteiger partial charge in [0.05, 0.1) is 24.8 Å². The summed E-state index contributed by atoms with van der Waals surface area (Å²) in [5, 5.41) is 0.598. The molecule has 0 aliphatic carbocycles. The molecule has 1 saturated heterocycles. The average molecular weight is 406 g/mol. The third-order valence-corrected chi connectivity index (χ3v) is 5.62. The van der Waals surface area contributed by atoms with Crippen molar-refractivity contribution < 1.29 is 14.3 Å². The molecule has 7 heteroatoms. The number of ether oxygens (including phenoxy) is 2. The van der Waals surface area contributed by atoms with E-state index in [0.29, 0.717) is 31.4 Å². The standard InChI is InChI=1S/C19H16ClNO3S2/c1-11-4-6-13(10-14(11)20)21-18(22)17(26-19(21)25)9-12-5-7-15(23-2)16(8-12)24-3/h4-10H,1-3H3/b17-9-. The quantitative estimate of drug-likeness (QED) is 0.524. The van der Waals surface area contributed by atoms with Gasteiger partial charge in [-0.3, -0.25) is 9.69 Å². The molecular formula is C19H16ClNO3S2. The lowest BCUT2D eigenvalue weighted by molar-refractivity contribution is -0.113. The number of methoxy groups -OCH3 is 2. The number of benzene rings is 2. The molecule has 134 valence electrons. The topological polar surface area (TPSA) is 38.8 Å². The Morgan fingerprint density at radius 1 is 1.12 bits per heavy atom. The van der Waals surface area contributed by atoms with Gasteiger partial charge in [0.15, 0.2) is 15.8 Å². The first-order valence-electron chi connectivity index (χ1n) is 7.70. The van der Waals surface area contributed by atoms with Crippen molar-refractivity contribution >= 4 is 57.6 Å². The Hall–Kier alpha value is -2.02. The third kappa shape index (κ3) is 3.58. The maximum Gasteiger partial charge on any atom is 0.270 e. The molecule has 26 heavy (non-hydrogen) atoms. The number of hydrogen-bond donors (Lipinski definition) is 0. The number of rotatable bonds is 4. The third-order valence-electron chi connectivity index (χ3n) is 3.91. The van der Waals surface area contributed by atoms with Crippen molar-refractivity contribution in [2.75, 3.05) is 19.1 Å². The van der Waals surface area contributed by atoms with E-state index in [1.54, 1.807) is 32.4 Å². The van der Waals surface area contributed by atoms with Crippen molar-refractivity contribution in [3.63, 3.8) is 0 Å². The molecule has 1 fully saturated rings. The van der Waals surface area contributed by atoms with Crippen LogP contribution in [0, 0.1) is 6.92 Å². The van der Waals surface area contributed by atoms with Crippen LogP contribution in [0.1, 0.15) is 11.1 Å². The van der Waals surface area contributed by atoms with Crippen LogP contribution < -0.4 is 14.4 Å². The maximum atomic E-state index is 12.8. The molecule has 1 heterocycles. The summed E-state index contributed by atoms with van der Waals surface area (Å²) in [5.41, 5.74) is 2.44. The Balaban J connectivity index is 1.93. The number of aryl methyl sites for hydroxylation is 1. The van der Waals surface area contributed by atoms with E-state index >= 15 is 0 Å². The van der Waals surface area contributed by atoms with Crippen LogP contribution in [-0.2, 0) is 4.79 Å². The molecule has 1 amide bonds. The first kappa shape index (κ1) is 18.8. The van der Waals surface area contributed by atoms with Gasteiger partial charge >= 0.3 is 0 Å². The van der Waals surface area contributed by atoms with Gasteiger partial charge in [-0.25, -0.2) is 0 Å². The van der Waals surface area contributed by atoms with Gasteiger partial charge in [-0.1, -0.05) is 47.7 Å². The van der Waals surface area contributed by atoms with Gasteiger partial charge in [-0.15, -0.1) is 0 Å². The van der Waals surface area contributed by atoms with Crippen molar-refractivity contribution in [1.82, 2.24) is 0 Å². The summed E-state index contributed by atoms with van der Waals surface area (Å²) in [6, 6.07) is 10.9. The predicted molar refractivity (Wildman–Crippen MR) is 111 cm³/mol. The summed E-state index contributed by atoms with van der Waals surface area (Å²) >= 11 is 12.8. The van der Waals surface area contributed by atoms with Crippen LogP contribution in [0.3, 0.4) is 0 Å². The minimum Gasteiger partial charge on any atom is -0.493 e. The normalized spacial score (nSPS) is 15.7. The van der Waals surface area contributed by atoms with Crippen molar-refractivity contribution in [3.8, 4) is 11.5 Å². The molecule has 0 bridgehead atoms. The minimum absolute atomic E-state index is 0.172. The highest BCUT2D eigenvalue weighted by atomic mass is 35.5. The van der Waals surface area contributed by atoms with Crippen LogP contribution >= 0.6 is 35.6 Å². The molecule has 0 spiro atoms. The van der Waals surface area contributed by atoms with E-state index in [0.717, 1.165) is 11.1 Å². The number of anilines is 1. The Labute approximate surface area is 166 Å². The zero-order valence-electron chi connectivity index (χ0n) is 14.4. The number of carbonyl (C=O) groups excluding carboxylic acids is 1. The molecule has 0 saturated carbocycles. The summed E-state index contributed by atoms with van der Waals surface area (Å²) in [5.74, 6) is 1.06. The highest BCUT2D eigenvalue weighted by Gasteiger charge is 2.33. The van der Waals surface area contributed by atoms with E-state index in [4.69, 9.17) is 33.3 Å². The zero-order chi connectivity index (χ0) is 18.8. The van der Waals surface area contributed by atoms with E-state index in [2.05, 4.69) is 0 Å². The number of carbonyl (C=O) groups is 1. The SMILES string of the molecule is COc1ccc(/C=C2\SC(=S)N(c3ccc(C)c(Cl)c3)C2=O)cc1OC. The first-order valence-corrected chi connectivity index (χ1v) is 9.31. The van der Waals surface area contributed by atoms with Crippen LogP contribution in [0.15, 0.2) is 41.3 Å². The van der Waals surface area contributed by atoms with Gasteiger partial charge < -0.3 is 9.47 Å². The number of nitrogens with zero attached hydrogens (tertiary/aromatic N) is 1. The summed E-state index contributed by atoms with van der Waals surface area (Å²) in [7, 11) is 3.15. The smallest absolute Gasteiger partial charge is 0.270 e. The molecular weight excluding hydrogens is 390 g/mol. The molecule has 0 atom stereocenters. The summed E-state index contributed by atoms with van der Waals surface area (Å²) in [4.78, 5) is 14.9. The Kier molecular flexibility index (Phi) is 5.55. The molecule has 3 rings (SSSR count). The van der Waals surface area contributed by atoms with Crippen molar-refractivity contribution in [2.45, 2.75) is 6.92 Å². The monoisotopic (exact) mass is 405 g/mol. The van der Waals surface area contributed by atoms with Crippen molar-refractivity contribution in [1.29, 1.82) is 0 Å². The molecule has 1 aliphatic heterocycles. The highest BCUT2D eigenvalue weighted by Crippen LogP contribution is 2.38. The van der Waals surface area contributed by atoms with Crippen molar-refractivity contribution in [2.24, 2.45) is 0 Å². The second-order valence-electron chi connectivity index (χ2n) is 5.57. The van der Waals surface area contributed by atoms with Gasteiger partial charge in [-0.2, -0.15) is 0 Å². The molecule has 2 aromatic carbocycles. The van der Waals surface area contributed by atoms with E-state index in [-0.39, 0.29) is 5.91 Å². The zero-order valence-corrected chi connectivity index (χ0v) is 16.8. The molecule has 0 aromatic heterocycles. The Morgan fingerprint density at radius 3 is 2.50 bits per heavy atom. The summed E-state index contributed by atoms with van der Waals surface area (Å²) in [6.45, 7) is 1.91. The molecule has 4 nitrogen and oxygen atoms in total. The van der Waals surface area contributed by atoms with Crippen molar-refractivity contribution in [3.05, 3.63) is 57.5 Å². The number of thiocarbonyl (C=S) groups is 1. The lowest BCUT2D eigenvalue weighted by atomic mass is 10.1. The number of amides is 1. The lowest BCUT2D eigenvalue weighted by Gasteiger charge is -2.15. The fourth-order valence-electron chi connectivity index (χ4n) is 2.51. The fourth-order valence-corrected chi connectivity index (χ4v) is 3.98. The maximum absolute atomic E-state index is 12.8. The minimum atomic E-state index is -0.172. The van der Waals surface area contributed by atoms with E-state index in [1.807, 2.05) is 31.2 Å². The molecule has 0 radical (unpaired) electrons. The lowest BCUT2D eigenvalue weighted by Crippen LogP contribution is -2.27. The van der Waals surface area contributed by atoms with E-state index in [9.17, 15) is 4.79 Å². The van der Waals surface area contributed by atoms with E-state index in [1.165, 1.54) is 16.7 Å². The van der Waals surface area contributed by atoms with Crippen LogP contribution in [-0.4, -0.2) is 24.4 Å². The fraction of sp³-hybridized carbons (Fsp3) is 0.158. The molecule has 1 aliphatic rings. The van der Waals surface area contributed by atoms with Crippen LogP contribution in [0.4, 0.5) is 5.69 Å². The Morgan fingerprint density at radius 2 is 1.85 bits per heavy atom. The van der Waals surface area contributed by atoms with Gasteiger partial charge in [0, 0.05) is 5.02 Å². The Bertz CT molecular complexity index is 927. The van der Waals surface area contributed by atoms with Gasteiger partial charge in [0.25, 0.3) is 5.91 Å². The van der Waals surface area contributed by atoms with Gasteiger partial charge in [-0.05, 0) is 48.4 Å². The molecule has 0 unspecified atom stereocenters. The second-order valence-corrected chi connectivity index (χ2v) is 7.65. The average Bonchev–Trinajstić information content (AvgIpc) is 2.91. The summed E-state index contributed by atoms with van der Waals surface area (Å²) in [6.07, 6.45) is 1.79. The second kappa shape index (κ2) is 7.70. The van der Waals surface area contributed by atoms with Crippen LogP contribution in [0.2, 0.25) is 5.02 Å². The molecule has 0 N–H and O–H groups in total. The number of halogens is 1. The largest absolute Gasteiger partial charge is 0.493 e. The van der Waals surface area contributed by atoms with Crippen LogP contribution in [0.25, 0.3) is 6.08 Å². The van der Waals surface area contributed by atoms with Gasteiger partial charge in [0.2, 0.25) is 0 Å².